The van der Waals surface area contributed by atoms with Crippen LogP contribution in [0.25, 0.3) is 0 Å². The monoisotopic (exact) mass is 267 g/mol. The highest BCUT2D eigenvalue weighted by molar-refractivity contribution is 5.78. The lowest BCUT2D eigenvalue weighted by Gasteiger charge is -2.38. The Kier molecular flexibility index (Phi) is 4.05. The Labute approximate surface area is 115 Å². The molecule has 3 aliphatic rings. The molecule has 0 aromatic carbocycles. The summed E-state index contributed by atoms with van der Waals surface area (Å²) in [6.07, 6.45) is 2.73. The highest BCUT2D eigenvalue weighted by Gasteiger charge is 2.36. The van der Waals surface area contributed by atoms with E-state index in [4.69, 9.17) is 4.74 Å². The minimum absolute atomic E-state index is 0.181. The Morgan fingerprint density at radius 1 is 1.37 bits per heavy atom. The molecule has 0 spiro atoms. The van der Waals surface area contributed by atoms with E-state index in [2.05, 4.69) is 10.2 Å². The lowest BCUT2D eigenvalue weighted by atomic mass is 9.92. The summed E-state index contributed by atoms with van der Waals surface area (Å²) in [6.45, 7) is 8.08. The van der Waals surface area contributed by atoms with Crippen molar-refractivity contribution in [3.8, 4) is 0 Å². The van der Waals surface area contributed by atoms with Gasteiger partial charge in [-0.05, 0) is 38.8 Å². The number of hydrogen-bond acceptors (Lipinski definition) is 4. The zero-order valence-electron chi connectivity index (χ0n) is 11.8. The van der Waals surface area contributed by atoms with E-state index in [-0.39, 0.29) is 12.0 Å². The molecule has 19 heavy (non-hydrogen) atoms. The number of likely N-dealkylation sites (tertiary alicyclic amines) is 1. The molecule has 0 bridgehead atoms. The summed E-state index contributed by atoms with van der Waals surface area (Å²) in [5.41, 5.74) is 0. The fourth-order valence-corrected chi connectivity index (χ4v) is 3.68. The number of amides is 1. The molecule has 108 valence electrons. The molecule has 3 aliphatic heterocycles. The quantitative estimate of drug-likeness (QED) is 0.760. The Bertz CT molecular complexity index is 337. The molecule has 1 N–H and O–H groups in total. The fourth-order valence-electron chi connectivity index (χ4n) is 3.68. The molecule has 3 unspecified atom stereocenters. The highest BCUT2D eigenvalue weighted by Crippen LogP contribution is 2.26. The van der Waals surface area contributed by atoms with Crippen LogP contribution in [-0.2, 0) is 9.53 Å². The summed E-state index contributed by atoms with van der Waals surface area (Å²) >= 11 is 0. The number of carbonyl (C=O) groups excluding carboxylic acids is 1. The number of fused-ring (bicyclic) bond motifs is 1. The maximum absolute atomic E-state index is 12.4. The third kappa shape index (κ3) is 2.93. The van der Waals surface area contributed by atoms with Gasteiger partial charge in [-0.3, -0.25) is 9.69 Å². The van der Waals surface area contributed by atoms with Crippen molar-refractivity contribution >= 4 is 5.91 Å². The third-order valence-electron chi connectivity index (χ3n) is 4.73. The van der Waals surface area contributed by atoms with Crippen molar-refractivity contribution in [2.24, 2.45) is 5.92 Å². The number of ether oxygens (including phenoxy) is 1. The van der Waals surface area contributed by atoms with E-state index < -0.39 is 0 Å². The summed E-state index contributed by atoms with van der Waals surface area (Å²) in [4.78, 5) is 16.8. The van der Waals surface area contributed by atoms with Gasteiger partial charge in [-0.15, -0.1) is 0 Å². The summed E-state index contributed by atoms with van der Waals surface area (Å²) < 4.78 is 5.50. The average molecular weight is 267 g/mol. The zero-order valence-corrected chi connectivity index (χ0v) is 11.8. The molecule has 0 aromatic heterocycles. The zero-order chi connectivity index (χ0) is 13.2. The van der Waals surface area contributed by atoms with Gasteiger partial charge >= 0.3 is 0 Å². The second kappa shape index (κ2) is 5.77. The summed E-state index contributed by atoms with van der Waals surface area (Å²) in [5.74, 6) is 1.04. The summed E-state index contributed by atoms with van der Waals surface area (Å²) in [7, 11) is 0. The van der Waals surface area contributed by atoms with E-state index >= 15 is 0 Å². The molecule has 5 heteroatoms. The van der Waals surface area contributed by atoms with Crippen molar-refractivity contribution in [1.29, 1.82) is 0 Å². The van der Waals surface area contributed by atoms with Gasteiger partial charge in [-0.2, -0.15) is 0 Å². The minimum Gasteiger partial charge on any atom is -0.375 e. The first-order valence-corrected chi connectivity index (χ1v) is 7.58. The van der Waals surface area contributed by atoms with Gasteiger partial charge in [0.05, 0.1) is 19.3 Å². The van der Waals surface area contributed by atoms with Gasteiger partial charge in [0.2, 0.25) is 5.91 Å². The number of hydrogen-bond donors (Lipinski definition) is 1. The van der Waals surface area contributed by atoms with E-state index in [0.717, 1.165) is 38.6 Å². The van der Waals surface area contributed by atoms with Crippen molar-refractivity contribution in [3.05, 3.63) is 0 Å². The molecule has 3 rings (SSSR count). The Morgan fingerprint density at radius 2 is 2.26 bits per heavy atom. The topological polar surface area (TPSA) is 44.8 Å². The summed E-state index contributed by atoms with van der Waals surface area (Å²) in [6, 6.07) is 0.580. The smallest absolute Gasteiger partial charge is 0.236 e. The van der Waals surface area contributed by atoms with Gasteiger partial charge < -0.3 is 15.0 Å². The Hall–Kier alpha value is -0.650. The van der Waals surface area contributed by atoms with E-state index in [1.807, 2.05) is 11.8 Å². The van der Waals surface area contributed by atoms with E-state index in [1.165, 1.54) is 12.8 Å². The number of carbonyl (C=O) groups is 1. The van der Waals surface area contributed by atoms with Gasteiger partial charge in [0.15, 0.2) is 0 Å². The molecule has 0 radical (unpaired) electrons. The van der Waals surface area contributed by atoms with Crippen LogP contribution in [0, 0.1) is 5.92 Å². The molecule has 3 fully saturated rings. The standard InChI is InChI=1S/C14H25N3O2/c1-11-9-17(5-6-19-11)14(18)10-16-4-2-3-12-7-15-8-13(12)16/h11-13,15H,2-10H2,1H3. The number of rotatable bonds is 2. The average Bonchev–Trinajstić information content (AvgIpc) is 2.88. The van der Waals surface area contributed by atoms with Crippen LogP contribution in [-0.4, -0.2) is 73.7 Å². The molecule has 5 nitrogen and oxygen atoms in total. The molecule has 0 aromatic rings. The number of morpholine rings is 1. The van der Waals surface area contributed by atoms with Crippen LogP contribution in [0.3, 0.4) is 0 Å². The van der Waals surface area contributed by atoms with Crippen molar-refractivity contribution in [3.63, 3.8) is 0 Å². The predicted octanol–water partition coefficient (Wildman–Crippen LogP) is -0.0825. The van der Waals surface area contributed by atoms with Gasteiger partial charge in [0.1, 0.15) is 0 Å². The molecular formula is C14H25N3O2. The van der Waals surface area contributed by atoms with Crippen LogP contribution < -0.4 is 5.32 Å². The second-order valence-corrected chi connectivity index (χ2v) is 6.12. The largest absolute Gasteiger partial charge is 0.375 e. The maximum Gasteiger partial charge on any atom is 0.236 e. The van der Waals surface area contributed by atoms with Gasteiger partial charge in [-0.1, -0.05) is 0 Å². The van der Waals surface area contributed by atoms with Crippen LogP contribution in [0.4, 0.5) is 0 Å². The predicted molar refractivity (Wildman–Crippen MR) is 72.9 cm³/mol. The molecule has 0 aliphatic carbocycles. The molecule has 3 saturated heterocycles. The summed E-state index contributed by atoms with van der Waals surface area (Å²) in [5, 5.41) is 3.47. The lowest BCUT2D eigenvalue weighted by molar-refractivity contribution is -0.140. The van der Waals surface area contributed by atoms with Crippen molar-refractivity contribution in [2.45, 2.75) is 31.9 Å². The first-order valence-electron chi connectivity index (χ1n) is 7.58. The first-order chi connectivity index (χ1) is 9.24. The second-order valence-electron chi connectivity index (χ2n) is 6.12. The van der Waals surface area contributed by atoms with Crippen LogP contribution >= 0.6 is 0 Å². The normalized spacial score (nSPS) is 36.3. The molecule has 0 saturated carbocycles. The highest BCUT2D eigenvalue weighted by atomic mass is 16.5. The maximum atomic E-state index is 12.4. The van der Waals surface area contributed by atoms with Gasteiger partial charge in [-0.25, -0.2) is 0 Å². The third-order valence-corrected chi connectivity index (χ3v) is 4.73. The first kappa shape index (κ1) is 13.3. The number of nitrogens with zero attached hydrogens (tertiary/aromatic N) is 2. The van der Waals surface area contributed by atoms with Crippen LogP contribution in [0.2, 0.25) is 0 Å². The Morgan fingerprint density at radius 3 is 3.11 bits per heavy atom. The molecule has 1 amide bonds. The lowest BCUT2D eigenvalue weighted by Crippen LogP contribution is -2.52. The van der Waals surface area contributed by atoms with E-state index in [0.29, 0.717) is 19.2 Å². The van der Waals surface area contributed by atoms with E-state index in [9.17, 15) is 4.79 Å². The number of piperidine rings is 1. The minimum atomic E-state index is 0.181. The molecular weight excluding hydrogens is 242 g/mol. The van der Waals surface area contributed by atoms with Crippen LogP contribution in [0.5, 0.6) is 0 Å². The molecule has 3 atom stereocenters. The fraction of sp³-hybridized carbons (Fsp3) is 0.929. The molecule has 3 heterocycles. The Balaban J connectivity index is 1.56. The van der Waals surface area contributed by atoms with Gasteiger partial charge in [0.25, 0.3) is 0 Å². The SMILES string of the molecule is CC1CN(C(=O)CN2CCCC3CNCC32)CCO1. The van der Waals surface area contributed by atoms with Crippen LogP contribution in [0.15, 0.2) is 0 Å². The van der Waals surface area contributed by atoms with E-state index in [1.54, 1.807) is 0 Å². The van der Waals surface area contributed by atoms with Crippen LogP contribution in [0.1, 0.15) is 19.8 Å². The van der Waals surface area contributed by atoms with Crippen molar-refractivity contribution in [2.75, 3.05) is 45.9 Å². The van der Waals surface area contributed by atoms with Crippen molar-refractivity contribution in [1.82, 2.24) is 15.1 Å². The number of nitrogens with one attached hydrogen (secondary N) is 1. The van der Waals surface area contributed by atoms with Gasteiger partial charge in [0, 0.05) is 25.7 Å². The van der Waals surface area contributed by atoms with Crippen molar-refractivity contribution < 1.29 is 9.53 Å².